The van der Waals surface area contributed by atoms with Crippen LogP contribution in [0, 0.1) is 12.8 Å². The third-order valence-electron chi connectivity index (χ3n) is 5.53. The van der Waals surface area contributed by atoms with Gasteiger partial charge in [-0.25, -0.2) is 0 Å². The van der Waals surface area contributed by atoms with Crippen LogP contribution in [0.2, 0.25) is 0 Å². The molecule has 1 amide bonds. The van der Waals surface area contributed by atoms with Gasteiger partial charge in [-0.1, -0.05) is 25.1 Å². The predicted molar refractivity (Wildman–Crippen MR) is 133 cm³/mol. The van der Waals surface area contributed by atoms with E-state index in [2.05, 4.69) is 17.0 Å². The fourth-order valence-corrected chi connectivity index (χ4v) is 4.69. The number of ether oxygens (including phenoxy) is 2. The van der Waals surface area contributed by atoms with E-state index in [4.69, 9.17) is 4.74 Å². The van der Waals surface area contributed by atoms with Crippen molar-refractivity contribution < 1.29 is 32.2 Å². The van der Waals surface area contributed by atoms with Crippen LogP contribution in [0.5, 0.6) is 5.75 Å². The van der Waals surface area contributed by atoms with Crippen LogP contribution in [0.25, 0.3) is 11.1 Å². The molecule has 0 spiro atoms. The summed E-state index contributed by atoms with van der Waals surface area (Å²) in [6, 6.07) is 14.3. The van der Waals surface area contributed by atoms with Gasteiger partial charge in [0, 0.05) is 11.4 Å². The van der Waals surface area contributed by atoms with Crippen molar-refractivity contribution in [2.24, 2.45) is 5.92 Å². The molecule has 9 heteroatoms. The number of carbonyl (C=O) groups excluding carboxylic acids is 2. The number of esters is 1. The molecule has 36 heavy (non-hydrogen) atoms. The molecule has 0 saturated heterocycles. The SMILES string of the molecule is COC(=O)CCNC(=O)c1ccc(CC(C)COc2ccc(-c3ccc(C(F)(F)F)cc3)c(C)c2)s1. The molecule has 0 saturated carbocycles. The molecule has 3 rings (SSSR count). The quantitative estimate of drug-likeness (QED) is 0.320. The number of alkyl halides is 3. The van der Waals surface area contributed by atoms with Crippen molar-refractivity contribution in [2.75, 3.05) is 20.3 Å². The van der Waals surface area contributed by atoms with Gasteiger partial charge in [0.25, 0.3) is 5.91 Å². The largest absolute Gasteiger partial charge is 0.493 e. The highest BCUT2D eigenvalue weighted by atomic mass is 32.1. The van der Waals surface area contributed by atoms with Crippen molar-refractivity contribution >= 4 is 23.2 Å². The maximum atomic E-state index is 12.8. The van der Waals surface area contributed by atoms with Crippen molar-refractivity contribution in [1.29, 1.82) is 0 Å². The molecule has 0 fully saturated rings. The fraction of sp³-hybridized carbons (Fsp3) is 0.333. The Hall–Kier alpha value is -3.33. The first-order valence-corrected chi connectivity index (χ1v) is 12.2. The van der Waals surface area contributed by atoms with E-state index in [0.29, 0.717) is 22.8 Å². The summed E-state index contributed by atoms with van der Waals surface area (Å²) in [5.41, 5.74) is 1.79. The second-order valence-corrected chi connectivity index (χ2v) is 9.69. The average molecular weight is 520 g/mol. The van der Waals surface area contributed by atoms with Crippen LogP contribution >= 0.6 is 11.3 Å². The van der Waals surface area contributed by atoms with Crippen molar-refractivity contribution in [3.63, 3.8) is 0 Å². The molecular formula is C27H28F3NO4S. The summed E-state index contributed by atoms with van der Waals surface area (Å²) in [7, 11) is 1.31. The predicted octanol–water partition coefficient (Wildman–Crippen LogP) is 6.29. The maximum absolute atomic E-state index is 12.8. The summed E-state index contributed by atoms with van der Waals surface area (Å²) in [6.07, 6.45) is -3.49. The monoisotopic (exact) mass is 519 g/mol. The number of rotatable bonds is 10. The van der Waals surface area contributed by atoms with Gasteiger partial charge in [-0.05, 0) is 72.4 Å². The molecule has 0 aliphatic rings. The molecule has 0 bridgehead atoms. The lowest BCUT2D eigenvalue weighted by Gasteiger charge is -2.14. The third kappa shape index (κ3) is 7.58. The zero-order valence-corrected chi connectivity index (χ0v) is 21.1. The number of benzene rings is 2. The number of carbonyl (C=O) groups is 2. The number of aryl methyl sites for hydroxylation is 1. The van der Waals surface area contributed by atoms with E-state index in [1.807, 2.05) is 31.2 Å². The van der Waals surface area contributed by atoms with Crippen LogP contribution in [-0.4, -0.2) is 32.1 Å². The summed E-state index contributed by atoms with van der Waals surface area (Å²) < 4.78 is 48.9. The highest BCUT2D eigenvalue weighted by Crippen LogP contribution is 2.32. The van der Waals surface area contributed by atoms with Gasteiger partial charge in [0.05, 0.1) is 30.6 Å². The van der Waals surface area contributed by atoms with Gasteiger partial charge in [-0.15, -0.1) is 11.3 Å². The summed E-state index contributed by atoms with van der Waals surface area (Å²) in [5, 5.41) is 2.70. The number of amides is 1. The number of hydrogen-bond donors (Lipinski definition) is 1. The minimum Gasteiger partial charge on any atom is -0.493 e. The minimum atomic E-state index is -4.36. The lowest BCUT2D eigenvalue weighted by atomic mass is 9.99. The second-order valence-electron chi connectivity index (χ2n) is 8.52. The molecule has 3 aromatic rings. The minimum absolute atomic E-state index is 0.125. The number of hydrogen-bond acceptors (Lipinski definition) is 5. The summed E-state index contributed by atoms with van der Waals surface area (Å²) >= 11 is 1.41. The number of methoxy groups -OCH3 is 1. The van der Waals surface area contributed by atoms with Crippen LogP contribution in [0.3, 0.4) is 0 Å². The van der Waals surface area contributed by atoms with E-state index in [1.54, 1.807) is 6.07 Å². The Morgan fingerprint density at radius 1 is 1.06 bits per heavy atom. The zero-order chi connectivity index (χ0) is 26.3. The number of nitrogens with one attached hydrogen (secondary N) is 1. The molecule has 2 aromatic carbocycles. The molecule has 0 aliphatic carbocycles. The highest BCUT2D eigenvalue weighted by molar-refractivity contribution is 7.14. The first-order chi connectivity index (χ1) is 17.1. The molecule has 0 radical (unpaired) electrons. The molecule has 1 N–H and O–H groups in total. The summed E-state index contributed by atoms with van der Waals surface area (Å²) in [4.78, 5) is 25.0. The zero-order valence-electron chi connectivity index (χ0n) is 20.3. The maximum Gasteiger partial charge on any atom is 0.416 e. The van der Waals surface area contributed by atoms with E-state index in [1.165, 1.54) is 30.6 Å². The average Bonchev–Trinajstić information content (AvgIpc) is 3.30. The van der Waals surface area contributed by atoms with Crippen molar-refractivity contribution in [3.8, 4) is 16.9 Å². The van der Waals surface area contributed by atoms with E-state index in [-0.39, 0.29) is 30.8 Å². The fourth-order valence-electron chi connectivity index (χ4n) is 3.61. The molecule has 1 unspecified atom stereocenters. The third-order valence-corrected chi connectivity index (χ3v) is 6.64. The highest BCUT2D eigenvalue weighted by Gasteiger charge is 2.30. The lowest BCUT2D eigenvalue weighted by Crippen LogP contribution is -2.25. The second kappa shape index (κ2) is 12.1. The van der Waals surface area contributed by atoms with E-state index in [0.717, 1.165) is 34.6 Å². The Bertz CT molecular complexity index is 1190. The normalized spacial score (nSPS) is 12.2. The molecule has 1 aromatic heterocycles. The number of halogens is 3. The van der Waals surface area contributed by atoms with Crippen molar-refractivity contribution in [2.45, 2.75) is 32.9 Å². The molecule has 1 atom stereocenters. The van der Waals surface area contributed by atoms with E-state index < -0.39 is 11.7 Å². The van der Waals surface area contributed by atoms with Gasteiger partial charge in [-0.2, -0.15) is 13.2 Å². The first kappa shape index (κ1) is 27.3. The van der Waals surface area contributed by atoms with Crippen LogP contribution in [-0.2, 0) is 22.1 Å². The Balaban J connectivity index is 1.51. The smallest absolute Gasteiger partial charge is 0.416 e. The van der Waals surface area contributed by atoms with Crippen molar-refractivity contribution in [3.05, 3.63) is 75.5 Å². The van der Waals surface area contributed by atoms with Gasteiger partial charge in [-0.3, -0.25) is 9.59 Å². The van der Waals surface area contributed by atoms with Gasteiger partial charge < -0.3 is 14.8 Å². The van der Waals surface area contributed by atoms with Crippen molar-refractivity contribution in [1.82, 2.24) is 5.32 Å². The Labute approximate surface area is 212 Å². The molecule has 192 valence electrons. The van der Waals surface area contributed by atoms with Gasteiger partial charge in [0.2, 0.25) is 0 Å². The standard InChI is InChI=1S/C27H28F3NO4S/c1-17(14-22-9-11-24(36-22)26(33)31-13-12-25(32)34-3)16-35-21-8-10-23(18(2)15-21)19-4-6-20(7-5-19)27(28,29)30/h4-11,15,17H,12-14,16H2,1-3H3,(H,31,33). The van der Waals surface area contributed by atoms with Crippen LogP contribution in [0.4, 0.5) is 13.2 Å². The lowest BCUT2D eigenvalue weighted by molar-refractivity contribution is -0.140. The van der Waals surface area contributed by atoms with E-state index in [9.17, 15) is 22.8 Å². The topological polar surface area (TPSA) is 64.6 Å². The first-order valence-electron chi connectivity index (χ1n) is 11.4. The van der Waals surface area contributed by atoms with E-state index >= 15 is 0 Å². The Morgan fingerprint density at radius 3 is 2.42 bits per heavy atom. The van der Waals surface area contributed by atoms with Crippen LogP contribution in [0.15, 0.2) is 54.6 Å². The number of thiophene rings is 1. The van der Waals surface area contributed by atoms with Crippen LogP contribution < -0.4 is 10.1 Å². The van der Waals surface area contributed by atoms with Gasteiger partial charge in [0.15, 0.2) is 0 Å². The van der Waals surface area contributed by atoms with Gasteiger partial charge >= 0.3 is 12.1 Å². The molecular weight excluding hydrogens is 491 g/mol. The van der Waals surface area contributed by atoms with Crippen LogP contribution in [0.1, 0.15) is 39.0 Å². The Morgan fingerprint density at radius 2 is 1.78 bits per heavy atom. The summed E-state index contributed by atoms with van der Waals surface area (Å²) in [5.74, 6) is 0.281. The molecule has 5 nitrogen and oxygen atoms in total. The molecule has 1 heterocycles. The molecule has 0 aliphatic heterocycles. The summed E-state index contributed by atoms with van der Waals surface area (Å²) in [6.45, 7) is 4.64. The van der Waals surface area contributed by atoms with Gasteiger partial charge in [0.1, 0.15) is 5.75 Å². The Kier molecular flexibility index (Phi) is 9.14.